The first-order valence-corrected chi connectivity index (χ1v) is 10.1. The molecule has 2 atom stereocenters. The summed E-state index contributed by atoms with van der Waals surface area (Å²) in [6, 6.07) is 7.16. The van der Waals surface area contributed by atoms with Crippen molar-refractivity contribution in [2.45, 2.75) is 19.4 Å². The molecule has 156 valence electrons. The number of rotatable bonds is 4. The highest BCUT2D eigenvalue weighted by Crippen LogP contribution is 2.30. The Balaban J connectivity index is 1.38. The molecule has 3 aromatic rings. The summed E-state index contributed by atoms with van der Waals surface area (Å²) >= 11 is 0. The van der Waals surface area contributed by atoms with Crippen molar-refractivity contribution in [3.8, 4) is 5.75 Å². The summed E-state index contributed by atoms with van der Waals surface area (Å²) in [5.74, 6) is 0.108. The number of nitrogens with zero attached hydrogens (tertiary/aromatic N) is 3. The van der Waals surface area contributed by atoms with E-state index in [1.54, 1.807) is 22.7 Å². The second-order valence-corrected chi connectivity index (χ2v) is 8.13. The van der Waals surface area contributed by atoms with Gasteiger partial charge < -0.3 is 24.7 Å². The van der Waals surface area contributed by atoms with E-state index in [1.807, 2.05) is 19.2 Å². The first-order chi connectivity index (χ1) is 14.5. The lowest BCUT2D eigenvalue weighted by Crippen LogP contribution is -2.41. The molecule has 7 nitrogen and oxygen atoms in total. The molecule has 4 heterocycles. The Kier molecular flexibility index (Phi) is 4.58. The molecule has 0 spiro atoms. The number of hydrogen-bond acceptors (Lipinski definition) is 5. The van der Waals surface area contributed by atoms with Gasteiger partial charge in [0.25, 0.3) is 5.91 Å². The van der Waals surface area contributed by atoms with Gasteiger partial charge in [0.1, 0.15) is 17.2 Å². The van der Waals surface area contributed by atoms with Gasteiger partial charge in [-0.05, 0) is 37.5 Å². The number of halogens is 1. The summed E-state index contributed by atoms with van der Waals surface area (Å²) in [7, 11) is 1.49. The number of hydrogen-bond donors (Lipinski definition) is 2. The summed E-state index contributed by atoms with van der Waals surface area (Å²) in [4.78, 5) is 19.5. The standard InChI is InChI=1S/C22H24FN5O2/c1-13-9-28-12-17(20(30-2)7-21(28)25-13)22(29)26-19-4-3-16(6-18(19)23)27-10-14-5-15(11-27)24-8-14/h3-4,6-7,9,12,14-15,24H,5,8,10-11H2,1-2H3,(H,26,29). The van der Waals surface area contributed by atoms with Crippen LogP contribution in [-0.2, 0) is 0 Å². The first-order valence-electron chi connectivity index (χ1n) is 10.1. The Morgan fingerprint density at radius 3 is 2.93 bits per heavy atom. The summed E-state index contributed by atoms with van der Waals surface area (Å²) in [6.07, 6.45) is 4.66. The first kappa shape index (κ1) is 18.9. The monoisotopic (exact) mass is 409 g/mol. The molecule has 2 fully saturated rings. The van der Waals surface area contributed by atoms with Crippen LogP contribution in [0.4, 0.5) is 15.8 Å². The fourth-order valence-electron chi connectivity index (χ4n) is 4.52. The van der Waals surface area contributed by atoms with Gasteiger partial charge in [-0.25, -0.2) is 9.37 Å². The average Bonchev–Trinajstić information content (AvgIpc) is 3.27. The number of aryl methyl sites for hydroxylation is 1. The molecule has 1 aromatic carbocycles. The van der Waals surface area contributed by atoms with Crippen molar-refractivity contribution in [3.63, 3.8) is 0 Å². The molecule has 30 heavy (non-hydrogen) atoms. The normalized spacial score (nSPS) is 20.6. The Morgan fingerprint density at radius 1 is 1.30 bits per heavy atom. The van der Waals surface area contributed by atoms with Crippen molar-refractivity contribution in [2.75, 3.05) is 37.0 Å². The summed E-state index contributed by atoms with van der Waals surface area (Å²) in [5.41, 5.74) is 2.81. The zero-order chi connectivity index (χ0) is 20.8. The van der Waals surface area contributed by atoms with Crippen molar-refractivity contribution in [1.82, 2.24) is 14.7 Å². The fraction of sp³-hybridized carbons (Fsp3) is 0.364. The number of aromatic nitrogens is 2. The zero-order valence-corrected chi connectivity index (χ0v) is 17.0. The number of piperidine rings is 1. The molecule has 2 saturated heterocycles. The second kappa shape index (κ2) is 7.28. The summed E-state index contributed by atoms with van der Waals surface area (Å²) in [5, 5.41) is 6.18. The third kappa shape index (κ3) is 3.37. The number of methoxy groups -OCH3 is 1. The molecule has 0 radical (unpaired) electrons. The minimum atomic E-state index is -0.453. The van der Waals surface area contributed by atoms with E-state index >= 15 is 0 Å². The van der Waals surface area contributed by atoms with Gasteiger partial charge in [-0.3, -0.25) is 4.79 Å². The minimum Gasteiger partial charge on any atom is -0.496 e. The van der Waals surface area contributed by atoms with E-state index in [-0.39, 0.29) is 5.69 Å². The second-order valence-electron chi connectivity index (χ2n) is 8.13. The number of ether oxygens (including phenoxy) is 1. The fourth-order valence-corrected chi connectivity index (χ4v) is 4.52. The van der Waals surface area contributed by atoms with Gasteiger partial charge in [-0.15, -0.1) is 0 Å². The van der Waals surface area contributed by atoms with E-state index in [9.17, 15) is 9.18 Å². The molecule has 2 unspecified atom stereocenters. The van der Waals surface area contributed by atoms with Gasteiger partial charge in [0.2, 0.25) is 0 Å². The quantitative estimate of drug-likeness (QED) is 0.694. The maximum atomic E-state index is 14.8. The number of imidazole rings is 1. The predicted molar refractivity (Wildman–Crippen MR) is 113 cm³/mol. The minimum absolute atomic E-state index is 0.144. The van der Waals surface area contributed by atoms with E-state index in [0.717, 1.165) is 31.0 Å². The molecule has 0 saturated carbocycles. The van der Waals surface area contributed by atoms with E-state index < -0.39 is 11.7 Å². The molecular formula is C22H24FN5O2. The Morgan fingerprint density at radius 2 is 2.17 bits per heavy atom. The largest absolute Gasteiger partial charge is 0.496 e. The van der Waals surface area contributed by atoms with Gasteiger partial charge in [0.05, 0.1) is 24.1 Å². The lowest BCUT2D eigenvalue weighted by molar-refractivity contribution is 0.102. The van der Waals surface area contributed by atoms with Crippen LogP contribution in [0.1, 0.15) is 22.5 Å². The number of carbonyl (C=O) groups is 1. The van der Waals surface area contributed by atoms with Crippen LogP contribution < -0.4 is 20.3 Å². The highest BCUT2D eigenvalue weighted by molar-refractivity contribution is 6.06. The molecule has 2 bridgehead atoms. The van der Waals surface area contributed by atoms with Crippen LogP contribution in [0.15, 0.2) is 36.7 Å². The van der Waals surface area contributed by atoms with Crippen LogP contribution >= 0.6 is 0 Å². The van der Waals surface area contributed by atoms with Crippen molar-refractivity contribution in [1.29, 1.82) is 0 Å². The lowest BCUT2D eigenvalue weighted by atomic mass is 9.99. The summed E-state index contributed by atoms with van der Waals surface area (Å²) in [6.45, 7) is 4.71. The van der Waals surface area contributed by atoms with Crippen LogP contribution in [0, 0.1) is 18.7 Å². The van der Waals surface area contributed by atoms with Crippen LogP contribution in [-0.4, -0.2) is 48.1 Å². The number of fused-ring (bicyclic) bond motifs is 3. The van der Waals surface area contributed by atoms with E-state index in [2.05, 4.69) is 20.5 Å². The van der Waals surface area contributed by atoms with Gasteiger partial charge >= 0.3 is 0 Å². The van der Waals surface area contributed by atoms with Crippen molar-refractivity contribution in [2.24, 2.45) is 5.92 Å². The molecule has 0 aliphatic carbocycles. The average molecular weight is 409 g/mol. The maximum Gasteiger partial charge on any atom is 0.261 e. The highest BCUT2D eigenvalue weighted by atomic mass is 19.1. The topological polar surface area (TPSA) is 70.9 Å². The van der Waals surface area contributed by atoms with Crippen LogP contribution in [0.5, 0.6) is 5.75 Å². The number of anilines is 2. The van der Waals surface area contributed by atoms with E-state index in [4.69, 9.17) is 4.74 Å². The third-order valence-corrected chi connectivity index (χ3v) is 5.94. The Bertz CT molecular complexity index is 1120. The lowest BCUT2D eigenvalue weighted by Gasteiger charge is -2.33. The van der Waals surface area contributed by atoms with Gasteiger partial charge in [0.15, 0.2) is 0 Å². The van der Waals surface area contributed by atoms with Crippen molar-refractivity contribution < 1.29 is 13.9 Å². The Hall–Kier alpha value is -3.13. The molecule has 5 rings (SSSR count). The van der Waals surface area contributed by atoms with E-state index in [0.29, 0.717) is 28.9 Å². The smallest absolute Gasteiger partial charge is 0.261 e. The van der Waals surface area contributed by atoms with Crippen LogP contribution in [0.25, 0.3) is 5.65 Å². The molecule has 8 heteroatoms. The molecule has 1 amide bonds. The predicted octanol–water partition coefficient (Wildman–Crippen LogP) is 2.84. The highest BCUT2D eigenvalue weighted by Gasteiger charge is 2.32. The number of carbonyl (C=O) groups excluding carboxylic acids is 1. The Labute approximate surface area is 173 Å². The number of pyridine rings is 1. The molecule has 2 aromatic heterocycles. The molecule has 2 aliphatic rings. The molecule has 2 N–H and O–H groups in total. The van der Waals surface area contributed by atoms with Gasteiger partial charge in [-0.2, -0.15) is 0 Å². The third-order valence-electron chi connectivity index (χ3n) is 5.94. The number of nitrogens with one attached hydrogen (secondary N) is 2. The van der Waals surface area contributed by atoms with E-state index in [1.165, 1.54) is 19.6 Å². The van der Waals surface area contributed by atoms with Crippen LogP contribution in [0.3, 0.4) is 0 Å². The van der Waals surface area contributed by atoms with Crippen molar-refractivity contribution >= 4 is 22.9 Å². The van der Waals surface area contributed by atoms with Crippen LogP contribution in [0.2, 0.25) is 0 Å². The SMILES string of the molecule is COc1cc2nc(C)cn2cc1C(=O)Nc1ccc(N2CC3CNC(C3)C2)cc1F. The van der Waals surface area contributed by atoms with Crippen molar-refractivity contribution in [3.05, 3.63) is 53.7 Å². The molecular weight excluding hydrogens is 385 g/mol. The zero-order valence-electron chi connectivity index (χ0n) is 17.0. The molecule has 2 aliphatic heterocycles. The van der Waals surface area contributed by atoms with Gasteiger partial charge in [0, 0.05) is 49.8 Å². The number of amides is 1. The maximum absolute atomic E-state index is 14.8. The number of benzene rings is 1. The van der Waals surface area contributed by atoms with Gasteiger partial charge in [-0.1, -0.05) is 0 Å². The summed E-state index contributed by atoms with van der Waals surface area (Å²) < 4.78 is 21.9.